The van der Waals surface area contributed by atoms with Crippen LogP contribution in [0.3, 0.4) is 0 Å². The molecule has 1 heterocycles. The van der Waals surface area contributed by atoms with E-state index >= 15 is 0 Å². The molecule has 1 aromatic carbocycles. The molecular formula is C13H13ClN4O5. The molecule has 1 aromatic heterocycles. The Bertz CT molecular complexity index is 746. The molecule has 9 nitrogen and oxygen atoms in total. The summed E-state index contributed by atoms with van der Waals surface area (Å²) in [5, 5.41) is 18.7. The molecule has 1 amide bonds. The highest BCUT2D eigenvalue weighted by Crippen LogP contribution is 2.38. The van der Waals surface area contributed by atoms with Crippen LogP contribution in [0.2, 0.25) is 5.02 Å². The topological polar surface area (TPSA) is 140 Å². The highest BCUT2D eigenvalue weighted by Gasteiger charge is 2.20. The standard InChI is InChI=1S/C13H13ClN4O5/c1-2-22-8-3-6(11-12(13(15)21)17-18-16-11)7(14)4-9(8)23-5-10(19)20/h3-4H,2,5H2,1H3,(H2,15,21)(H,19,20)(H,16,17,18). The van der Waals surface area contributed by atoms with Gasteiger partial charge in [-0.3, -0.25) is 4.79 Å². The molecule has 23 heavy (non-hydrogen) atoms. The number of carbonyl (C=O) groups excluding carboxylic acids is 1. The van der Waals surface area contributed by atoms with Crippen molar-refractivity contribution in [2.45, 2.75) is 6.92 Å². The summed E-state index contributed by atoms with van der Waals surface area (Å²) in [6.07, 6.45) is 0. The predicted octanol–water partition coefficient (Wildman–Crippen LogP) is 1.09. The number of hydrogen-bond acceptors (Lipinski definition) is 6. The van der Waals surface area contributed by atoms with Crippen LogP contribution in [-0.4, -0.2) is 45.6 Å². The van der Waals surface area contributed by atoms with Crippen molar-refractivity contribution in [3.8, 4) is 22.8 Å². The van der Waals surface area contributed by atoms with E-state index in [9.17, 15) is 9.59 Å². The molecule has 0 radical (unpaired) electrons. The number of halogens is 1. The van der Waals surface area contributed by atoms with Crippen molar-refractivity contribution in [1.82, 2.24) is 15.4 Å². The Morgan fingerprint density at radius 1 is 1.30 bits per heavy atom. The average molecular weight is 341 g/mol. The van der Waals surface area contributed by atoms with Crippen LogP contribution < -0.4 is 15.2 Å². The van der Waals surface area contributed by atoms with Gasteiger partial charge in [0.05, 0.1) is 11.6 Å². The molecule has 0 unspecified atom stereocenters. The number of benzene rings is 1. The van der Waals surface area contributed by atoms with Crippen LogP contribution in [0.5, 0.6) is 11.5 Å². The number of nitrogens with two attached hydrogens (primary N) is 1. The number of rotatable bonds is 7. The van der Waals surface area contributed by atoms with Crippen molar-refractivity contribution in [3.63, 3.8) is 0 Å². The van der Waals surface area contributed by atoms with Crippen LogP contribution in [-0.2, 0) is 4.79 Å². The van der Waals surface area contributed by atoms with Crippen molar-refractivity contribution in [2.24, 2.45) is 5.73 Å². The van der Waals surface area contributed by atoms with Gasteiger partial charge in [0.1, 0.15) is 5.69 Å². The van der Waals surface area contributed by atoms with Gasteiger partial charge >= 0.3 is 5.97 Å². The molecule has 4 N–H and O–H groups in total. The zero-order chi connectivity index (χ0) is 17.0. The van der Waals surface area contributed by atoms with E-state index in [0.29, 0.717) is 12.2 Å². The van der Waals surface area contributed by atoms with Crippen LogP contribution in [0.25, 0.3) is 11.3 Å². The maximum Gasteiger partial charge on any atom is 0.341 e. The van der Waals surface area contributed by atoms with Gasteiger partial charge in [0.2, 0.25) is 0 Å². The van der Waals surface area contributed by atoms with E-state index in [-0.39, 0.29) is 27.9 Å². The third-order valence-electron chi connectivity index (χ3n) is 2.72. The smallest absolute Gasteiger partial charge is 0.341 e. The van der Waals surface area contributed by atoms with E-state index in [0.717, 1.165) is 0 Å². The Labute approximate surface area is 135 Å². The maximum absolute atomic E-state index is 11.4. The number of hydrogen-bond donors (Lipinski definition) is 3. The molecule has 0 spiro atoms. The van der Waals surface area contributed by atoms with E-state index in [4.69, 9.17) is 31.9 Å². The average Bonchev–Trinajstić information content (AvgIpc) is 2.96. The lowest BCUT2D eigenvalue weighted by molar-refractivity contribution is -0.139. The lowest BCUT2D eigenvalue weighted by Gasteiger charge is -2.13. The van der Waals surface area contributed by atoms with Crippen molar-refractivity contribution in [2.75, 3.05) is 13.2 Å². The lowest BCUT2D eigenvalue weighted by Crippen LogP contribution is -2.13. The van der Waals surface area contributed by atoms with Crippen molar-refractivity contribution < 1.29 is 24.2 Å². The van der Waals surface area contributed by atoms with E-state index < -0.39 is 18.5 Å². The summed E-state index contributed by atoms with van der Waals surface area (Å²) < 4.78 is 10.5. The fourth-order valence-electron chi connectivity index (χ4n) is 1.83. The molecule has 0 bridgehead atoms. The van der Waals surface area contributed by atoms with Gasteiger partial charge in [0.25, 0.3) is 5.91 Å². The first-order valence-corrected chi connectivity index (χ1v) is 6.83. The molecule has 2 rings (SSSR count). The monoisotopic (exact) mass is 340 g/mol. The SMILES string of the molecule is CCOc1cc(-c2n[nH]nc2C(N)=O)c(Cl)cc1OCC(=O)O. The quantitative estimate of drug-likeness (QED) is 0.685. The number of amides is 1. The van der Waals surface area contributed by atoms with Crippen molar-refractivity contribution in [1.29, 1.82) is 0 Å². The Morgan fingerprint density at radius 2 is 2.00 bits per heavy atom. The first kappa shape index (κ1) is 16.6. The van der Waals surface area contributed by atoms with Gasteiger partial charge in [-0.2, -0.15) is 15.4 Å². The number of H-pyrrole nitrogens is 1. The van der Waals surface area contributed by atoms with Gasteiger partial charge in [-0.25, -0.2) is 4.79 Å². The van der Waals surface area contributed by atoms with Gasteiger partial charge in [-0.15, -0.1) is 0 Å². The van der Waals surface area contributed by atoms with Crippen molar-refractivity contribution in [3.05, 3.63) is 22.8 Å². The van der Waals surface area contributed by atoms with Gasteiger partial charge in [0, 0.05) is 11.6 Å². The Morgan fingerprint density at radius 3 is 2.61 bits per heavy atom. The minimum absolute atomic E-state index is 0.0754. The zero-order valence-corrected chi connectivity index (χ0v) is 12.8. The molecule has 122 valence electrons. The molecule has 0 fully saturated rings. The fourth-order valence-corrected chi connectivity index (χ4v) is 2.07. The maximum atomic E-state index is 11.4. The molecular weight excluding hydrogens is 328 g/mol. The lowest BCUT2D eigenvalue weighted by atomic mass is 10.1. The summed E-state index contributed by atoms with van der Waals surface area (Å²) in [6, 6.07) is 2.86. The summed E-state index contributed by atoms with van der Waals surface area (Å²) in [6.45, 7) is 1.51. The number of nitrogens with one attached hydrogen (secondary N) is 1. The minimum atomic E-state index is -1.14. The van der Waals surface area contributed by atoms with Crippen LogP contribution in [0, 0.1) is 0 Å². The fraction of sp³-hybridized carbons (Fsp3) is 0.231. The van der Waals surface area contributed by atoms with Gasteiger partial charge in [0.15, 0.2) is 23.8 Å². The van der Waals surface area contributed by atoms with E-state index in [2.05, 4.69) is 15.4 Å². The molecule has 0 atom stereocenters. The second-order valence-corrected chi connectivity index (χ2v) is 4.69. The second kappa shape index (κ2) is 6.97. The number of ether oxygens (including phenoxy) is 2. The number of aromatic nitrogens is 3. The molecule has 10 heteroatoms. The number of primary amides is 1. The number of carbonyl (C=O) groups is 2. The van der Waals surface area contributed by atoms with E-state index in [1.807, 2.05) is 0 Å². The summed E-state index contributed by atoms with van der Waals surface area (Å²) in [5.41, 5.74) is 5.66. The highest BCUT2D eigenvalue weighted by molar-refractivity contribution is 6.33. The van der Waals surface area contributed by atoms with Crippen molar-refractivity contribution >= 4 is 23.5 Å². The van der Waals surface area contributed by atoms with Gasteiger partial charge in [-0.05, 0) is 13.0 Å². The van der Waals surface area contributed by atoms with Gasteiger partial charge < -0.3 is 20.3 Å². The second-order valence-electron chi connectivity index (χ2n) is 4.28. The third-order valence-corrected chi connectivity index (χ3v) is 3.03. The van der Waals surface area contributed by atoms with Crippen LogP contribution >= 0.6 is 11.6 Å². The van der Waals surface area contributed by atoms with E-state index in [1.165, 1.54) is 12.1 Å². The largest absolute Gasteiger partial charge is 0.490 e. The molecule has 0 saturated carbocycles. The summed E-state index contributed by atoms with van der Waals surface area (Å²) in [7, 11) is 0. The highest BCUT2D eigenvalue weighted by atomic mass is 35.5. The number of carboxylic acids is 1. The Kier molecular flexibility index (Phi) is 5.02. The number of carboxylic acid groups (broad SMARTS) is 1. The summed E-state index contributed by atoms with van der Waals surface area (Å²) in [4.78, 5) is 22.0. The third kappa shape index (κ3) is 3.69. The molecule has 0 saturated heterocycles. The number of aromatic amines is 1. The van der Waals surface area contributed by atoms with Crippen LogP contribution in [0.15, 0.2) is 12.1 Å². The normalized spacial score (nSPS) is 10.3. The molecule has 2 aromatic rings. The Balaban J connectivity index is 2.49. The number of aliphatic carboxylic acids is 1. The summed E-state index contributed by atoms with van der Waals surface area (Å²) in [5.74, 6) is -1.49. The zero-order valence-electron chi connectivity index (χ0n) is 12.0. The summed E-state index contributed by atoms with van der Waals surface area (Å²) >= 11 is 6.17. The molecule has 0 aliphatic heterocycles. The predicted molar refractivity (Wildman–Crippen MR) is 79.6 cm³/mol. The number of nitrogens with zero attached hydrogens (tertiary/aromatic N) is 2. The first-order chi connectivity index (χ1) is 10.9. The van der Waals surface area contributed by atoms with E-state index in [1.54, 1.807) is 6.92 Å². The van der Waals surface area contributed by atoms with Crippen LogP contribution in [0.1, 0.15) is 17.4 Å². The van der Waals surface area contributed by atoms with Crippen LogP contribution in [0.4, 0.5) is 0 Å². The first-order valence-electron chi connectivity index (χ1n) is 6.45. The minimum Gasteiger partial charge on any atom is -0.490 e. The van der Waals surface area contributed by atoms with Gasteiger partial charge in [-0.1, -0.05) is 11.6 Å². The molecule has 0 aliphatic carbocycles. The Hall–Kier alpha value is -2.81. The molecule has 0 aliphatic rings.